The van der Waals surface area contributed by atoms with Gasteiger partial charge < -0.3 is 11.1 Å². The Hall–Kier alpha value is -2.39. The molecule has 4 rings (SSSR count). The van der Waals surface area contributed by atoms with Crippen molar-refractivity contribution in [3.8, 4) is 6.07 Å². The van der Waals surface area contributed by atoms with Gasteiger partial charge in [0.2, 0.25) is 0 Å². The topological polar surface area (TPSA) is 61.8 Å². The summed E-state index contributed by atoms with van der Waals surface area (Å²) >= 11 is 1.52. The molecule has 3 nitrogen and oxygen atoms in total. The zero-order valence-corrected chi connectivity index (χ0v) is 17.2. The predicted molar refractivity (Wildman–Crippen MR) is 109 cm³/mol. The van der Waals surface area contributed by atoms with Crippen molar-refractivity contribution in [3.05, 3.63) is 57.4 Å². The van der Waals surface area contributed by atoms with Gasteiger partial charge in [0.1, 0.15) is 11.9 Å². The molecular formula is C22H23F2N3S. The molecule has 2 aliphatic rings. The van der Waals surface area contributed by atoms with Crippen molar-refractivity contribution in [3.63, 3.8) is 0 Å². The normalized spacial score (nSPS) is 25.6. The van der Waals surface area contributed by atoms with Gasteiger partial charge >= 0.3 is 0 Å². The minimum absolute atomic E-state index is 0.156. The molecule has 3 N–H and O–H groups in total. The molecule has 2 aromatic rings. The van der Waals surface area contributed by atoms with Crippen LogP contribution in [-0.4, -0.2) is 5.92 Å². The first-order chi connectivity index (χ1) is 13.1. The molecule has 0 saturated heterocycles. The van der Waals surface area contributed by atoms with Crippen molar-refractivity contribution in [1.82, 2.24) is 5.32 Å². The van der Waals surface area contributed by atoms with Crippen LogP contribution in [0.2, 0.25) is 0 Å². The van der Waals surface area contributed by atoms with Gasteiger partial charge in [-0.25, -0.2) is 8.78 Å². The predicted octanol–water partition coefficient (Wildman–Crippen LogP) is 5.61. The molecule has 0 radical (unpaired) electrons. The van der Waals surface area contributed by atoms with E-state index in [4.69, 9.17) is 5.73 Å². The lowest BCUT2D eigenvalue weighted by atomic mass is 9.79. The molecule has 1 aromatic carbocycles. The van der Waals surface area contributed by atoms with Crippen molar-refractivity contribution in [2.24, 2.45) is 17.1 Å². The van der Waals surface area contributed by atoms with Crippen molar-refractivity contribution < 1.29 is 8.78 Å². The smallest absolute Gasteiger partial charge is 0.257 e. The van der Waals surface area contributed by atoms with E-state index in [-0.39, 0.29) is 12.3 Å². The Balaban J connectivity index is 1.83. The Morgan fingerprint density at radius 3 is 2.57 bits per heavy atom. The van der Waals surface area contributed by atoms with Crippen LogP contribution < -0.4 is 11.1 Å². The van der Waals surface area contributed by atoms with Crippen LogP contribution in [-0.2, 0) is 0 Å². The van der Waals surface area contributed by atoms with Crippen LogP contribution >= 0.6 is 11.3 Å². The first-order valence-corrected chi connectivity index (χ1v) is 10.2. The van der Waals surface area contributed by atoms with Gasteiger partial charge in [-0.15, -0.1) is 11.3 Å². The molecule has 28 heavy (non-hydrogen) atoms. The maximum atomic E-state index is 14.3. The molecule has 1 fully saturated rings. The SMILES string of the molecule is CC1=C(C)C(c2csc3c(C#N)cccc23)C(CC2C(C)(C)C2(F)F)=C(N)N1. The van der Waals surface area contributed by atoms with Gasteiger partial charge in [-0.05, 0) is 53.8 Å². The number of fused-ring (bicyclic) bond motifs is 1. The third kappa shape index (κ3) is 2.49. The second-order valence-electron chi connectivity index (χ2n) is 8.39. The van der Waals surface area contributed by atoms with Crippen LogP contribution in [0.5, 0.6) is 0 Å². The third-order valence-electron chi connectivity index (χ3n) is 6.61. The van der Waals surface area contributed by atoms with E-state index in [1.54, 1.807) is 19.9 Å². The average molecular weight is 400 g/mol. The molecule has 1 aromatic heterocycles. The molecule has 1 aliphatic heterocycles. The van der Waals surface area contributed by atoms with Gasteiger partial charge in [0.05, 0.1) is 10.3 Å². The Bertz CT molecular complexity index is 1070. The van der Waals surface area contributed by atoms with Gasteiger partial charge in [0.25, 0.3) is 5.92 Å². The van der Waals surface area contributed by atoms with Crippen LogP contribution in [0.1, 0.15) is 51.2 Å². The monoisotopic (exact) mass is 399 g/mol. The molecule has 2 unspecified atom stereocenters. The fourth-order valence-corrected chi connectivity index (χ4v) is 5.47. The molecule has 6 heteroatoms. The molecular weight excluding hydrogens is 376 g/mol. The van der Waals surface area contributed by atoms with E-state index in [9.17, 15) is 14.0 Å². The minimum atomic E-state index is -2.68. The molecule has 1 aliphatic carbocycles. The second-order valence-corrected chi connectivity index (χ2v) is 9.27. The number of nitrogens with zero attached hydrogens (tertiary/aromatic N) is 1. The number of alkyl halides is 2. The number of nitriles is 1. The Kier molecular flexibility index (Phi) is 4.10. The zero-order chi connectivity index (χ0) is 20.4. The van der Waals surface area contributed by atoms with Crippen LogP contribution in [0, 0.1) is 22.7 Å². The lowest BCUT2D eigenvalue weighted by molar-refractivity contribution is 0.0665. The van der Waals surface area contributed by atoms with E-state index < -0.39 is 17.3 Å². The number of thiophene rings is 1. The maximum Gasteiger partial charge on any atom is 0.257 e. The van der Waals surface area contributed by atoms with Gasteiger partial charge in [-0.1, -0.05) is 26.0 Å². The fraction of sp³-hybridized carbons (Fsp3) is 0.409. The first kappa shape index (κ1) is 18.9. The Morgan fingerprint density at radius 1 is 1.29 bits per heavy atom. The van der Waals surface area contributed by atoms with E-state index >= 15 is 0 Å². The molecule has 2 heterocycles. The number of benzene rings is 1. The molecule has 2 atom stereocenters. The molecule has 0 spiro atoms. The Labute approximate surface area is 167 Å². The van der Waals surface area contributed by atoms with E-state index in [1.165, 1.54) is 11.3 Å². The van der Waals surface area contributed by atoms with E-state index in [1.807, 2.05) is 31.4 Å². The van der Waals surface area contributed by atoms with Crippen molar-refractivity contribution in [2.75, 3.05) is 0 Å². The highest BCUT2D eigenvalue weighted by molar-refractivity contribution is 7.17. The summed E-state index contributed by atoms with van der Waals surface area (Å²) in [6, 6.07) is 7.91. The van der Waals surface area contributed by atoms with E-state index in [2.05, 4.69) is 11.4 Å². The summed E-state index contributed by atoms with van der Waals surface area (Å²) in [5, 5.41) is 15.6. The molecule has 0 amide bonds. The summed E-state index contributed by atoms with van der Waals surface area (Å²) in [6.45, 7) is 7.21. The summed E-state index contributed by atoms with van der Waals surface area (Å²) < 4.78 is 29.6. The van der Waals surface area contributed by atoms with Gasteiger partial charge in [-0.3, -0.25) is 0 Å². The fourth-order valence-electron chi connectivity index (χ4n) is 4.41. The maximum absolute atomic E-state index is 14.3. The molecule has 0 bridgehead atoms. The number of hydrogen-bond acceptors (Lipinski definition) is 4. The summed E-state index contributed by atoms with van der Waals surface area (Å²) in [4.78, 5) is 0. The summed E-state index contributed by atoms with van der Waals surface area (Å²) in [6.07, 6.45) is 0.253. The quantitative estimate of drug-likeness (QED) is 0.706. The number of rotatable bonds is 3. The zero-order valence-electron chi connectivity index (χ0n) is 16.4. The number of nitrogens with one attached hydrogen (secondary N) is 1. The largest absolute Gasteiger partial charge is 0.385 e. The lowest BCUT2D eigenvalue weighted by Gasteiger charge is -2.31. The number of halogens is 2. The first-order valence-electron chi connectivity index (χ1n) is 9.32. The van der Waals surface area contributed by atoms with Crippen molar-refractivity contribution in [1.29, 1.82) is 5.26 Å². The Morgan fingerprint density at radius 2 is 1.96 bits per heavy atom. The highest BCUT2D eigenvalue weighted by atomic mass is 32.1. The summed E-state index contributed by atoms with van der Waals surface area (Å²) in [5.41, 5.74) is 9.82. The standard InChI is InChI=1S/C22H23F2N3S/c1-11-12(2)27-20(26)15(8-17-21(3,4)22(17,23)24)18(11)16-10-28-19-13(9-25)6-5-7-14(16)19/h5-7,10,17-18,27H,8,26H2,1-4H3. The van der Waals surface area contributed by atoms with E-state index in [0.717, 1.165) is 32.5 Å². The van der Waals surface area contributed by atoms with E-state index in [0.29, 0.717) is 11.4 Å². The molecule has 1 saturated carbocycles. The van der Waals surface area contributed by atoms with Crippen molar-refractivity contribution in [2.45, 2.75) is 46.0 Å². The van der Waals surface area contributed by atoms with Crippen LogP contribution in [0.4, 0.5) is 8.78 Å². The second kappa shape index (κ2) is 6.05. The minimum Gasteiger partial charge on any atom is -0.385 e. The summed E-state index contributed by atoms with van der Waals surface area (Å²) in [7, 11) is 0. The number of dihydropyridines is 1. The highest BCUT2D eigenvalue weighted by Crippen LogP contribution is 2.68. The lowest BCUT2D eigenvalue weighted by Crippen LogP contribution is -2.29. The van der Waals surface area contributed by atoms with Crippen LogP contribution in [0.15, 0.2) is 46.2 Å². The average Bonchev–Trinajstić information content (AvgIpc) is 2.94. The van der Waals surface area contributed by atoms with Crippen LogP contribution in [0.25, 0.3) is 10.1 Å². The molecule has 146 valence electrons. The summed E-state index contributed by atoms with van der Waals surface area (Å²) in [5.74, 6) is -3.08. The number of hydrogen-bond donors (Lipinski definition) is 2. The third-order valence-corrected chi connectivity index (χ3v) is 7.66. The van der Waals surface area contributed by atoms with Gasteiger partial charge in [0.15, 0.2) is 0 Å². The van der Waals surface area contributed by atoms with Crippen LogP contribution in [0.3, 0.4) is 0 Å². The number of nitrogens with two attached hydrogens (primary N) is 1. The van der Waals surface area contributed by atoms with Crippen molar-refractivity contribution >= 4 is 21.4 Å². The van der Waals surface area contributed by atoms with Gasteiger partial charge in [0, 0.05) is 22.9 Å². The number of allylic oxidation sites excluding steroid dienone is 3. The van der Waals surface area contributed by atoms with Gasteiger partial charge in [-0.2, -0.15) is 5.26 Å². The highest BCUT2D eigenvalue weighted by Gasteiger charge is 2.74.